The van der Waals surface area contributed by atoms with E-state index in [1.807, 2.05) is 54.6 Å². The van der Waals surface area contributed by atoms with Gasteiger partial charge in [-0.3, -0.25) is 9.59 Å². The lowest BCUT2D eigenvalue weighted by Crippen LogP contribution is -2.54. The van der Waals surface area contributed by atoms with E-state index in [2.05, 4.69) is 5.32 Å². The van der Waals surface area contributed by atoms with Crippen molar-refractivity contribution in [2.75, 3.05) is 13.6 Å². The number of nitrogens with one attached hydrogen (secondary N) is 1. The summed E-state index contributed by atoms with van der Waals surface area (Å²) < 4.78 is 28.4. The Balaban J connectivity index is 1.47. The molecule has 0 bridgehead atoms. The number of amides is 2. The number of halogens is 2. The molecule has 1 atom stereocenters. The smallest absolute Gasteiger partial charge is 0.243 e. The lowest BCUT2D eigenvalue weighted by Gasteiger charge is -2.34. The highest BCUT2D eigenvalue weighted by Crippen LogP contribution is 2.26. The lowest BCUT2D eigenvalue weighted by atomic mass is 9.94. The average molecular weight is 667 g/mol. The molecule has 2 amide bonds. The Morgan fingerprint density at radius 1 is 0.822 bits per heavy atom. The summed E-state index contributed by atoms with van der Waals surface area (Å²) in [5.74, 6) is -0.771. The van der Waals surface area contributed by atoms with Crippen molar-refractivity contribution in [1.82, 2.24) is 14.5 Å². The van der Waals surface area contributed by atoms with E-state index >= 15 is 0 Å². The van der Waals surface area contributed by atoms with E-state index in [1.54, 1.807) is 36.4 Å². The van der Waals surface area contributed by atoms with Gasteiger partial charge >= 0.3 is 0 Å². The van der Waals surface area contributed by atoms with E-state index in [9.17, 15) is 18.0 Å². The summed E-state index contributed by atoms with van der Waals surface area (Å²) in [5, 5.41) is 5.58. The number of rotatable bonds is 11. The molecule has 0 saturated heterocycles. The molecule has 1 saturated carbocycles. The number of carbonyl (C=O) groups is 2. The van der Waals surface area contributed by atoms with Crippen LogP contribution in [0.4, 0.5) is 0 Å². The number of fused-ring (bicyclic) bond motifs is 1. The summed E-state index contributed by atoms with van der Waals surface area (Å²) in [6.07, 6.45) is 5.25. The van der Waals surface area contributed by atoms with E-state index in [0.29, 0.717) is 15.6 Å². The molecule has 4 aromatic carbocycles. The zero-order valence-electron chi connectivity index (χ0n) is 25.2. The third-order valence-corrected chi connectivity index (χ3v) is 10.9. The largest absolute Gasteiger partial charge is 0.352 e. The molecular weight excluding hydrogens is 629 g/mol. The molecule has 0 aromatic heterocycles. The Morgan fingerprint density at radius 2 is 1.51 bits per heavy atom. The molecule has 1 aliphatic carbocycles. The van der Waals surface area contributed by atoms with Crippen LogP contribution >= 0.6 is 23.2 Å². The van der Waals surface area contributed by atoms with E-state index in [4.69, 9.17) is 23.2 Å². The molecule has 236 valence electrons. The van der Waals surface area contributed by atoms with Gasteiger partial charge in [-0.25, -0.2) is 8.42 Å². The van der Waals surface area contributed by atoms with E-state index in [0.717, 1.165) is 52.7 Å². The summed E-state index contributed by atoms with van der Waals surface area (Å²) in [6.45, 7) is -0.423. The molecule has 1 aliphatic rings. The molecule has 1 unspecified atom stereocenters. The van der Waals surface area contributed by atoms with Crippen LogP contribution in [0.25, 0.3) is 10.8 Å². The van der Waals surface area contributed by atoms with Crippen LogP contribution in [-0.2, 0) is 32.6 Å². The summed E-state index contributed by atoms with van der Waals surface area (Å²) in [7, 11) is -2.64. The first-order valence-electron chi connectivity index (χ1n) is 15.1. The zero-order valence-corrected chi connectivity index (χ0v) is 27.5. The van der Waals surface area contributed by atoms with Gasteiger partial charge in [0.2, 0.25) is 21.8 Å². The Bertz CT molecular complexity index is 1760. The van der Waals surface area contributed by atoms with Crippen LogP contribution in [0.1, 0.15) is 43.2 Å². The van der Waals surface area contributed by atoms with Gasteiger partial charge in [0.05, 0.1) is 21.5 Å². The van der Waals surface area contributed by atoms with Gasteiger partial charge in [-0.05, 0) is 59.0 Å². The highest BCUT2D eigenvalue weighted by atomic mass is 35.5. The number of hydrogen-bond acceptors (Lipinski definition) is 4. The molecule has 7 nitrogen and oxygen atoms in total. The van der Waals surface area contributed by atoms with Crippen molar-refractivity contribution in [2.45, 2.75) is 62.0 Å². The number of benzene rings is 4. The van der Waals surface area contributed by atoms with Crippen LogP contribution in [0.3, 0.4) is 0 Å². The maximum Gasteiger partial charge on any atom is 0.243 e. The number of sulfonamides is 1. The van der Waals surface area contributed by atoms with Crippen molar-refractivity contribution >= 4 is 55.8 Å². The highest BCUT2D eigenvalue weighted by molar-refractivity contribution is 7.89. The predicted molar refractivity (Wildman–Crippen MR) is 180 cm³/mol. The van der Waals surface area contributed by atoms with Crippen LogP contribution in [0, 0.1) is 0 Å². The van der Waals surface area contributed by atoms with Gasteiger partial charge in [0.25, 0.3) is 0 Å². The molecule has 1 N–H and O–H groups in total. The molecular formula is C35H37Cl2N3O4S. The van der Waals surface area contributed by atoms with Crippen molar-refractivity contribution in [3.8, 4) is 0 Å². The second-order valence-electron chi connectivity index (χ2n) is 11.6. The first-order chi connectivity index (χ1) is 21.6. The highest BCUT2D eigenvalue weighted by Gasteiger charge is 2.34. The third-order valence-electron chi connectivity index (χ3n) is 8.35. The molecule has 10 heteroatoms. The predicted octanol–water partition coefficient (Wildman–Crippen LogP) is 6.86. The monoisotopic (exact) mass is 665 g/mol. The summed E-state index contributed by atoms with van der Waals surface area (Å²) in [6, 6.07) is 26.1. The Hall–Kier alpha value is -3.43. The van der Waals surface area contributed by atoms with Crippen LogP contribution in [0.2, 0.25) is 10.0 Å². The third kappa shape index (κ3) is 8.24. The van der Waals surface area contributed by atoms with E-state index in [1.165, 1.54) is 11.9 Å². The molecule has 0 radical (unpaired) electrons. The van der Waals surface area contributed by atoms with Crippen molar-refractivity contribution in [3.05, 3.63) is 112 Å². The van der Waals surface area contributed by atoms with Crippen LogP contribution in [0.15, 0.2) is 95.9 Å². The molecule has 4 aromatic rings. The van der Waals surface area contributed by atoms with Gasteiger partial charge in [0.1, 0.15) is 6.04 Å². The van der Waals surface area contributed by atoms with E-state index in [-0.39, 0.29) is 29.8 Å². The minimum Gasteiger partial charge on any atom is -0.352 e. The average Bonchev–Trinajstić information content (AvgIpc) is 3.05. The maximum atomic E-state index is 14.2. The molecule has 5 rings (SSSR count). The van der Waals surface area contributed by atoms with Crippen molar-refractivity contribution in [2.24, 2.45) is 0 Å². The van der Waals surface area contributed by atoms with Crippen LogP contribution in [-0.4, -0.2) is 55.1 Å². The number of likely N-dealkylation sites (N-methyl/N-ethyl adjacent to an activating group) is 1. The topological polar surface area (TPSA) is 86.8 Å². The Labute approximate surface area is 275 Å². The summed E-state index contributed by atoms with van der Waals surface area (Å²) in [5.41, 5.74) is 1.55. The number of nitrogens with zero attached hydrogens (tertiary/aromatic N) is 2. The normalized spacial score (nSPS) is 14.8. The summed E-state index contributed by atoms with van der Waals surface area (Å²) in [4.78, 5) is 29.8. The SMILES string of the molecule is CN(CC(=O)N(Cc1ccc(Cl)c(Cl)c1)C(Cc1ccccc1)C(=O)NC1CCCCC1)S(=O)(=O)c1ccc2ccccc2c1. The van der Waals surface area contributed by atoms with Crippen molar-refractivity contribution in [3.63, 3.8) is 0 Å². The first-order valence-corrected chi connectivity index (χ1v) is 17.3. The van der Waals surface area contributed by atoms with Gasteiger partial charge in [-0.1, -0.05) is 109 Å². The molecule has 0 aliphatic heterocycles. The van der Waals surface area contributed by atoms with Gasteiger partial charge < -0.3 is 10.2 Å². The second kappa shape index (κ2) is 14.8. The Morgan fingerprint density at radius 3 is 2.22 bits per heavy atom. The van der Waals surface area contributed by atoms with E-state index < -0.39 is 28.5 Å². The molecule has 1 fully saturated rings. The van der Waals surface area contributed by atoms with Gasteiger partial charge in [0, 0.05) is 26.1 Å². The standard InChI is InChI=1S/C35H37Cl2N3O4S/c1-39(45(43,44)30-18-17-27-12-8-9-13-28(27)22-30)24-34(41)40(23-26-16-19-31(36)32(37)20-26)33(21-25-10-4-2-5-11-25)35(42)38-29-14-6-3-7-15-29/h2,4-5,8-13,16-20,22,29,33H,3,6-7,14-15,21,23-24H2,1H3,(H,38,42). The molecule has 0 spiro atoms. The molecule has 0 heterocycles. The fourth-order valence-corrected chi connectivity index (χ4v) is 7.28. The fourth-order valence-electron chi connectivity index (χ4n) is 5.81. The van der Waals surface area contributed by atoms with Crippen LogP contribution < -0.4 is 5.32 Å². The summed E-state index contributed by atoms with van der Waals surface area (Å²) >= 11 is 12.5. The van der Waals surface area contributed by atoms with Crippen molar-refractivity contribution < 1.29 is 18.0 Å². The van der Waals surface area contributed by atoms with Gasteiger partial charge in [-0.15, -0.1) is 0 Å². The minimum atomic E-state index is -4.03. The van der Waals surface area contributed by atoms with Crippen LogP contribution in [0.5, 0.6) is 0 Å². The fraction of sp³-hybridized carbons (Fsp3) is 0.314. The first kappa shape index (κ1) is 32.9. The quantitative estimate of drug-likeness (QED) is 0.190. The van der Waals surface area contributed by atoms with Gasteiger partial charge in [-0.2, -0.15) is 4.31 Å². The number of hydrogen-bond donors (Lipinski definition) is 1. The Kier molecular flexibility index (Phi) is 10.8. The van der Waals surface area contributed by atoms with Gasteiger partial charge in [0.15, 0.2) is 0 Å². The minimum absolute atomic E-state index is 0.0300. The molecule has 45 heavy (non-hydrogen) atoms. The second-order valence-corrected chi connectivity index (χ2v) is 14.4. The number of carbonyl (C=O) groups excluding carboxylic acids is 2. The lowest BCUT2D eigenvalue weighted by molar-refractivity contribution is -0.141. The zero-order chi connectivity index (χ0) is 32.0. The maximum absolute atomic E-state index is 14.2. The van der Waals surface area contributed by atoms with Crippen molar-refractivity contribution in [1.29, 1.82) is 0 Å².